The number of aromatic hydroxyl groups is 1. The van der Waals surface area contributed by atoms with Crippen LogP contribution in [0.25, 0.3) is 11.1 Å². The second kappa shape index (κ2) is 4.13. The van der Waals surface area contributed by atoms with Gasteiger partial charge in [-0.25, -0.2) is 0 Å². The van der Waals surface area contributed by atoms with E-state index in [2.05, 4.69) is 0 Å². The molecule has 2 rings (SSSR count). The van der Waals surface area contributed by atoms with Gasteiger partial charge in [-0.3, -0.25) is 0 Å². The van der Waals surface area contributed by atoms with E-state index >= 15 is 0 Å². The van der Waals surface area contributed by atoms with Gasteiger partial charge in [0.25, 0.3) is 0 Å². The number of hydrogen-bond donors (Lipinski definition) is 1. The summed E-state index contributed by atoms with van der Waals surface area (Å²) in [4.78, 5) is 0. The predicted octanol–water partition coefficient (Wildman–Crippen LogP) is 4.37. The summed E-state index contributed by atoms with van der Waals surface area (Å²) in [6.45, 7) is 0. The Morgan fingerprint density at radius 1 is 0.800 bits per heavy atom. The maximum Gasteiger partial charge on any atom is 0.124 e. The molecule has 0 aromatic heterocycles. The highest BCUT2D eigenvalue weighted by Crippen LogP contribution is 2.38. The molecule has 2 aromatic carbocycles. The van der Waals surface area contributed by atoms with E-state index in [0.29, 0.717) is 15.6 Å². The maximum absolute atomic E-state index is 9.73. The molecule has 0 spiro atoms. The second-order valence-corrected chi connectivity index (χ2v) is 3.93. The Hall–Kier alpha value is -1.18. The molecule has 3 heteroatoms. The molecule has 0 aliphatic rings. The number of phenols is 1. The fourth-order valence-electron chi connectivity index (χ4n) is 1.44. The van der Waals surface area contributed by atoms with Crippen LogP contribution in [0.1, 0.15) is 0 Å². The maximum atomic E-state index is 9.73. The van der Waals surface area contributed by atoms with Gasteiger partial charge in [-0.2, -0.15) is 0 Å². The van der Waals surface area contributed by atoms with Crippen molar-refractivity contribution in [1.29, 1.82) is 0 Å². The first-order chi connectivity index (χ1) is 7.20. The molecule has 0 unspecified atom stereocenters. The summed E-state index contributed by atoms with van der Waals surface area (Å²) in [6.07, 6.45) is 0. The fourth-order valence-corrected chi connectivity index (χ4v) is 1.94. The SMILES string of the molecule is Oc1cccc(Cl)c1-c1ccccc1Cl. The number of benzene rings is 2. The summed E-state index contributed by atoms with van der Waals surface area (Å²) < 4.78 is 0. The fraction of sp³-hybridized carbons (Fsp3) is 0. The number of hydrogen-bond acceptors (Lipinski definition) is 1. The van der Waals surface area contributed by atoms with Gasteiger partial charge >= 0.3 is 0 Å². The van der Waals surface area contributed by atoms with Gasteiger partial charge in [0.15, 0.2) is 0 Å². The quantitative estimate of drug-likeness (QED) is 0.783. The lowest BCUT2D eigenvalue weighted by atomic mass is 10.0. The van der Waals surface area contributed by atoms with Crippen LogP contribution in [0.5, 0.6) is 5.75 Å². The zero-order valence-electron chi connectivity index (χ0n) is 7.74. The van der Waals surface area contributed by atoms with E-state index < -0.39 is 0 Å². The lowest BCUT2D eigenvalue weighted by Crippen LogP contribution is -1.82. The molecular formula is C12H8Cl2O. The van der Waals surface area contributed by atoms with E-state index in [0.717, 1.165) is 5.56 Å². The third kappa shape index (κ3) is 1.94. The van der Waals surface area contributed by atoms with Crippen LogP contribution in [0.3, 0.4) is 0 Å². The molecule has 0 saturated heterocycles. The first-order valence-electron chi connectivity index (χ1n) is 4.42. The van der Waals surface area contributed by atoms with Crippen LogP contribution < -0.4 is 0 Å². The molecule has 0 heterocycles. The summed E-state index contributed by atoms with van der Waals surface area (Å²) in [5.74, 6) is 0.135. The largest absolute Gasteiger partial charge is 0.507 e. The van der Waals surface area contributed by atoms with Crippen LogP contribution in [0, 0.1) is 0 Å². The number of rotatable bonds is 1. The Kier molecular flexibility index (Phi) is 2.85. The van der Waals surface area contributed by atoms with Gasteiger partial charge in [0.2, 0.25) is 0 Å². The Labute approximate surface area is 97.9 Å². The zero-order chi connectivity index (χ0) is 10.8. The lowest BCUT2D eigenvalue weighted by molar-refractivity contribution is 0.477. The highest BCUT2D eigenvalue weighted by molar-refractivity contribution is 6.36. The second-order valence-electron chi connectivity index (χ2n) is 3.11. The van der Waals surface area contributed by atoms with Crippen LogP contribution in [-0.2, 0) is 0 Å². The molecular weight excluding hydrogens is 231 g/mol. The number of phenolic OH excluding ortho intramolecular Hbond substituents is 1. The van der Waals surface area contributed by atoms with Crippen LogP contribution in [0.4, 0.5) is 0 Å². The average molecular weight is 239 g/mol. The van der Waals surface area contributed by atoms with Crippen LogP contribution in [-0.4, -0.2) is 5.11 Å². The summed E-state index contributed by atoms with van der Waals surface area (Å²) in [7, 11) is 0. The van der Waals surface area contributed by atoms with Gasteiger partial charge in [0, 0.05) is 16.1 Å². The van der Waals surface area contributed by atoms with Gasteiger partial charge in [-0.05, 0) is 18.2 Å². The molecule has 0 atom stereocenters. The molecule has 1 nitrogen and oxygen atoms in total. The van der Waals surface area contributed by atoms with Gasteiger partial charge in [-0.15, -0.1) is 0 Å². The number of halogens is 2. The molecule has 0 amide bonds. The summed E-state index contributed by atoms with van der Waals surface area (Å²) >= 11 is 12.1. The standard InChI is InChI=1S/C12H8Cl2O/c13-9-5-2-1-4-8(9)12-10(14)6-3-7-11(12)15/h1-7,15H. The lowest BCUT2D eigenvalue weighted by Gasteiger charge is -2.08. The third-order valence-corrected chi connectivity index (χ3v) is 2.78. The van der Waals surface area contributed by atoms with E-state index in [-0.39, 0.29) is 5.75 Å². The van der Waals surface area contributed by atoms with Crippen molar-refractivity contribution in [2.75, 3.05) is 0 Å². The van der Waals surface area contributed by atoms with Crippen molar-refractivity contribution in [2.45, 2.75) is 0 Å². The minimum Gasteiger partial charge on any atom is -0.507 e. The van der Waals surface area contributed by atoms with Crippen molar-refractivity contribution in [3.8, 4) is 16.9 Å². The van der Waals surface area contributed by atoms with Gasteiger partial charge in [0.1, 0.15) is 5.75 Å². The van der Waals surface area contributed by atoms with E-state index in [9.17, 15) is 5.11 Å². The Bertz CT molecular complexity index is 474. The van der Waals surface area contributed by atoms with Crippen molar-refractivity contribution in [3.63, 3.8) is 0 Å². The monoisotopic (exact) mass is 238 g/mol. The molecule has 0 saturated carbocycles. The molecule has 2 aromatic rings. The van der Waals surface area contributed by atoms with Crippen molar-refractivity contribution in [2.24, 2.45) is 0 Å². The summed E-state index contributed by atoms with van der Waals surface area (Å²) in [5.41, 5.74) is 1.31. The molecule has 76 valence electrons. The Balaban J connectivity index is 2.69. The topological polar surface area (TPSA) is 20.2 Å². The molecule has 0 fully saturated rings. The molecule has 1 N–H and O–H groups in total. The van der Waals surface area contributed by atoms with Gasteiger partial charge in [0.05, 0.1) is 5.02 Å². The smallest absolute Gasteiger partial charge is 0.124 e. The van der Waals surface area contributed by atoms with Crippen molar-refractivity contribution in [3.05, 3.63) is 52.5 Å². The van der Waals surface area contributed by atoms with Crippen LogP contribution in [0.2, 0.25) is 10.0 Å². The molecule has 0 aliphatic heterocycles. The minimum absolute atomic E-state index is 0.135. The summed E-state index contributed by atoms with van der Waals surface area (Å²) in [5, 5.41) is 10.8. The normalized spacial score (nSPS) is 10.3. The van der Waals surface area contributed by atoms with E-state index in [4.69, 9.17) is 23.2 Å². The highest BCUT2D eigenvalue weighted by Gasteiger charge is 2.10. The van der Waals surface area contributed by atoms with Gasteiger partial charge in [-0.1, -0.05) is 47.5 Å². The van der Waals surface area contributed by atoms with Crippen LogP contribution in [0.15, 0.2) is 42.5 Å². The van der Waals surface area contributed by atoms with Crippen molar-refractivity contribution >= 4 is 23.2 Å². The third-order valence-electron chi connectivity index (χ3n) is 2.13. The molecule has 0 radical (unpaired) electrons. The molecule has 0 bridgehead atoms. The Morgan fingerprint density at radius 3 is 2.13 bits per heavy atom. The highest BCUT2D eigenvalue weighted by atomic mass is 35.5. The first kappa shape index (κ1) is 10.3. The van der Waals surface area contributed by atoms with Crippen molar-refractivity contribution in [1.82, 2.24) is 0 Å². The first-order valence-corrected chi connectivity index (χ1v) is 5.18. The van der Waals surface area contributed by atoms with E-state index in [1.165, 1.54) is 0 Å². The Morgan fingerprint density at radius 2 is 1.47 bits per heavy atom. The average Bonchev–Trinajstić information content (AvgIpc) is 2.20. The van der Waals surface area contributed by atoms with E-state index in [1.54, 1.807) is 24.3 Å². The van der Waals surface area contributed by atoms with Crippen molar-refractivity contribution < 1.29 is 5.11 Å². The van der Waals surface area contributed by atoms with Gasteiger partial charge < -0.3 is 5.11 Å². The zero-order valence-corrected chi connectivity index (χ0v) is 9.26. The minimum atomic E-state index is 0.135. The van der Waals surface area contributed by atoms with Crippen LogP contribution >= 0.6 is 23.2 Å². The summed E-state index contributed by atoms with van der Waals surface area (Å²) in [6, 6.07) is 12.3. The molecule has 15 heavy (non-hydrogen) atoms. The predicted molar refractivity (Wildman–Crippen MR) is 63.6 cm³/mol. The van der Waals surface area contributed by atoms with E-state index in [1.807, 2.05) is 18.2 Å². The molecule has 0 aliphatic carbocycles.